The predicted octanol–water partition coefficient (Wildman–Crippen LogP) is 4.47. The number of nitrogens with zero attached hydrogens (tertiary/aromatic N) is 1. The molecule has 9 heteroatoms. The molecule has 29 heavy (non-hydrogen) atoms. The lowest BCUT2D eigenvalue weighted by molar-refractivity contribution is 0.0695. The molecule has 0 unspecified atom stereocenters. The third kappa shape index (κ3) is 4.24. The fourth-order valence-electron chi connectivity index (χ4n) is 3.15. The van der Waals surface area contributed by atoms with Crippen LogP contribution in [0.15, 0.2) is 46.0 Å². The molecule has 6 nitrogen and oxygen atoms in total. The molecule has 0 aliphatic heterocycles. The third-order valence-electron chi connectivity index (χ3n) is 4.41. The van der Waals surface area contributed by atoms with Gasteiger partial charge in [0, 0.05) is 36.0 Å². The molecule has 0 atom stereocenters. The van der Waals surface area contributed by atoms with Crippen LogP contribution >= 0.6 is 34.8 Å². The maximum atomic E-state index is 12.7. The van der Waals surface area contributed by atoms with E-state index in [2.05, 4.69) is 4.98 Å². The number of carboxylic acids is 1. The summed E-state index contributed by atoms with van der Waals surface area (Å²) in [6.45, 7) is 2.20. The van der Waals surface area contributed by atoms with E-state index in [1.807, 2.05) is 6.92 Å². The highest BCUT2D eigenvalue weighted by atomic mass is 35.5. The van der Waals surface area contributed by atoms with Crippen molar-refractivity contribution in [3.05, 3.63) is 89.0 Å². The normalized spacial score (nSPS) is 10.9. The van der Waals surface area contributed by atoms with Crippen molar-refractivity contribution in [3.63, 3.8) is 0 Å². The van der Waals surface area contributed by atoms with Gasteiger partial charge in [-0.1, -0.05) is 40.9 Å². The molecule has 0 spiro atoms. The molecule has 0 amide bonds. The summed E-state index contributed by atoms with van der Waals surface area (Å²) in [5.74, 6) is -1.34. The van der Waals surface area contributed by atoms with Gasteiger partial charge in [-0.3, -0.25) is 9.59 Å². The predicted molar refractivity (Wildman–Crippen MR) is 114 cm³/mol. The van der Waals surface area contributed by atoms with Crippen LogP contribution in [-0.4, -0.2) is 20.6 Å². The van der Waals surface area contributed by atoms with Gasteiger partial charge < -0.3 is 14.7 Å². The van der Waals surface area contributed by atoms with Gasteiger partial charge in [0.1, 0.15) is 10.6 Å². The number of H-pyrrole nitrogens is 1. The second kappa shape index (κ2) is 8.45. The number of benzene rings is 1. The van der Waals surface area contributed by atoms with Gasteiger partial charge in [-0.05, 0) is 31.2 Å². The van der Waals surface area contributed by atoms with Crippen LogP contribution in [0.4, 0.5) is 0 Å². The summed E-state index contributed by atoms with van der Waals surface area (Å²) >= 11 is 17.9. The van der Waals surface area contributed by atoms with Gasteiger partial charge in [-0.2, -0.15) is 0 Å². The minimum Gasteiger partial charge on any atom is -0.477 e. The van der Waals surface area contributed by atoms with E-state index in [-0.39, 0.29) is 27.7 Å². The van der Waals surface area contributed by atoms with Crippen molar-refractivity contribution in [2.75, 3.05) is 0 Å². The van der Waals surface area contributed by atoms with E-state index in [1.165, 1.54) is 18.2 Å². The Labute approximate surface area is 180 Å². The molecule has 0 aliphatic carbocycles. The molecule has 1 aromatic carbocycles. The average molecular weight is 454 g/mol. The molecule has 2 heterocycles. The van der Waals surface area contributed by atoms with Crippen molar-refractivity contribution in [2.24, 2.45) is 0 Å². The Morgan fingerprint density at radius 1 is 1.03 bits per heavy atom. The summed E-state index contributed by atoms with van der Waals surface area (Å²) in [5, 5.41) is 10.3. The molecule has 2 aromatic heterocycles. The van der Waals surface area contributed by atoms with E-state index >= 15 is 0 Å². The number of carboxylic acid groups (broad SMARTS) is 1. The SMILES string of the molecule is CCn1c(Cc2ccc(Cl)c(=O)[nH]2)cc(=O)c(C(=O)O)c1-c1ccc(Cl)c(Cl)c1. The number of aromatic amines is 1. The second-order valence-electron chi connectivity index (χ2n) is 6.24. The van der Waals surface area contributed by atoms with Crippen LogP contribution < -0.4 is 11.0 Å². The summed E-state index contributed by atoms with van der Waals surface area (Å²) in [7, 11) is 0. The third-order valence-corrected chi connectivity index (χ3v) is 5.45. The Balaban J connectivity index is 2.28. The summed E-state index contributed by atoms with van der Waals surface area (Å²) in [6.07, 6.45) is 0.198. The Kier molecular flexibility index (Phi) is 6.17. The molecule has 3 aromatic rings. The molecule has 3 rings (SSSR count). The number of hydrogen-bond acceptors (Lipinski definition) is 3. The maximum Gasteiger partial charge on any atom is 0.341 e. The number of nitrogens with one attached hydrogen (secondary N) is 1. The molecule has 0 bridgehead atoms. The van der Waals surface area contributed by atoms with Crippen LogP contribution in [0.3, 0.4) is 0 Å². The highest BCUT2D eigenvalue weighted by Crippen LogP contribution is 2.30. The molecule has 0 aliphatic rings. The van der Waals surface area contributed by atoms with Crippen molar-refractivity contribution in [1.29, 1.82) is 0 Å². The minimum absolute atomic E-state index is 0.0550. The number of rotatable bonds is 5. The van der Waals surface area contributed by atoms with E-state index in [4.69, 9.17) is 34.8 Å². The van der Waals surface area contributed by atoms with Gasteiger partial charge in [0.25, 0.3) is 5.56 Å². The quantitative estimate of drug-likeness (QED) is 0.596. The zero-order valence-electron chi connectivity index (χ0n) is 15.1. The maximum absolute atomic E-state index is 12.7. The van der Waals surface area contributed by atoms with Gasteiger partial charge in [-0.25, -0.2) is 4.79 Å². The van der Waals surface area contributed by atoms with E-state index < -0.39 is 17.0 Å². The summed E-state index contributed by atoms with van der Waals surface area (Å²) in [4.78, 5) is 39.0. The Hall–Kier alpha value is -2.54. The van der Waals surface area contributed by atoms with Gasteiger partial charge in [-0.15, -0.1) is 0 Å². The lowest BCUT2D eigenvalue weighted by Gasteiger charge is -2.20. The van der Waals surface area contributed by atoms with Crippen molar-refractivity contribution in [1.82, 2.24) is 9.55 Å². The standard InChI is InChI=1S/C20H15Cl3N2O4/c1-2-25-12(8-11-4-6-14(22)19(27)24-11)9-16(26)17(20(28)29)18(25)10-3-5-13(21)15(23)7-10/h3-7,9H,2,8H2,1H3,(H,24,27)(H,28,29). The van der Waals surface area contributed by atoms with Crippen LogP contribution in [0.25, 0.3) is 11.3 Å². The monoisotopic (exact) mass is 452 g/mol. The molecule has 0 saturated heterocycles. The number of hydrogen-bond donors (Lipinski definition) is 2. The van der Waals surface area contributed by atoms with E-state index in [1.54, 1.807) is 22.8 Å². The Morgan fingerprint density at radius 3 is 2.31 bits per heavy atom. The fraction of sp³-hybridized carbons (Fsp3) is 0.150. The van der Waals surface area contributed by atoms with Crippen LogP contribution in [0.5, 0.6) is 0 Å². The minimum atomic E-state index is -1.34. The first kappa shape index (κ1) is 21.2. The van der Waals surface area contributed by atoms with Gasteiger partial charge in [0.15, 0.2) is 5.43 Å². The summed E-state index contributed by atoms with van der Waals surface area (Å²) in [5.41, 5.74) is 0.278. The summed E-state index contributed by atoms with van der Waals surface area (Å²) in [6, 6.07) is 9.04. The van der Waals surface area contributed by atoms with Gasteiger partial charge in [0.2, 0.25) is 0 Å². The molecule has 150 valence electrons. The lowest BCUT2D eigenvalue weighted by Crippen LogP contribution is -2.24. The zero-order valence-corrected chi connectivity index (χ0v) is 17.4. The van der Waals surface area contributed by atoms with Crippen molar-refractivity contribution >= 4 is 40.8 Å². The van der Waals surface area contributed by atoms with Crippen molar-refractivity contribution in [2.45, 2.75) is 19.9 Å². The number of carbonyl (C=O) groups is 1. The van der Waals surface area contributed by atoms with Crippen LogP contribution in [0.2, 0.25) is 15.1 Å². The van der Waals surface area contributed by atoms with Crippen LogP contribution in [0, 0.1) is 0 Å². The number of pyridine rings is 2. The van der Waals surface area contributed by atoms with Crippen molar-refractivity contribution < 1.29 is 9.90 Å². The number of halogens is 3. The lowest BCUT2D eigenvalue weighted by atomic mass is 10.0. The average Bonchev–Trinajstić information content (AvgIpc) is 2.66. The summed E-state index contributed by atoms with van der Waals surface area (Å²) < 4.78 is 1.71. The topological polar surface area (TPSA) is 92.2 Å². The second-order valence-corrected chi connectivity index (χ2v) is 7.46. The number of aromatic nitrogens is 2. The largest absolute Gasteiger partial charge is 0.477 e. The van der Waals surface area contributed by atoms with Crippen LogP contribution in [-0.2, 0) is 13.0 Å². The molecular weight excluding hydrogens is 439 g/mol. The zero-order chi connectivity index (χ0) is 21.3. The first-order valence-electron chi connectivity index (χ1n) is 8.56. The van der Waals surface area contributed by atoms with Gasteiger partial charge in [0.05, 0.1) is 15.7 Å². The Morgan fingerprint density at radius 2 is 1.72 bits per heavy atom. The highest BCUT2D eigenvalue weighted by Gasteiger charge is 2.22. The van der Waals surface area contributed by atoms with Crippen molar-refractivity contribution in [3.8, 4) is 11.3 Å². The molecular formula is C20H15Cl3N2O4. The van der Waals surface area contributed by atoms with E-state index in [0.717, 1.165) is 0 Å². The fourth-order valence-corrected chi connectivity index (χ4v) is 3.56. The smallest absolute Gasteiger partial charge is 0.341 e. The molecule has 2 N–H and O–H groups in total. The first-order chi connectivity index (χ1) is 13.7. The molecule has 0 fully saturated rings. The van der Waals surface area contributed by atoms with E-state index in [0.29, 0.717) is 28.5 Å². The molecule has 0 radical (unpaired) electrons. The Bertz CT molecular complexity index is 1230. The molecule has 0 saturated carbocycles. The van der Waals surface area contributed by atoms with Gasteiger partial charge >= 0.3 is 5.97 Å². The number of aromatic carboxylic acids is 1. The van der Waals surface area contributed by atoms with Crippen LogP contribution in [0.1, 0.15) is 28.7 Å². The highest BCUT2D eigenvalue weighted by molar-refractivity contribution is 6.42. The first-order valence-corrected chi connectivity index (χ1v) is 9.69. The van der Waals surface area contributed by atoms with E-state index in [9.17, 15) is 19.5 Å².